The van der Waals surface area contributed by atoms with Crippen molar-refractivity contribution in [3.05, 3.63) is 129 Å². The second kappa shape index (κ2) is 16.9. The smallest absolute Gasteiger partial charge is 0.416 e. The molecule has 23 heteroatoms. The molecule has 0 amide bonds. The van der Waals surface area contributed by atoms with Crippen LogP contribution in [0.3, 0.4) is 0 Å². The van der Waals surface area contributed by atoms with Crippen molar-refractivity contribution >= 4 is 75.0 Å². The molecule has 6 aromatic rings. The monoisotopic (exact) mass is 958 g/mol. The molecule has 0 aliphatic carbocycles. The zero-order valence-electron chi connectivity index (χ0n) is 27.3. The van der Waals surface area contributed by atoms with Crippen LogP contribution in [0.15, 0.2) is 117 Å². The number of rotatable bonds is 4. The summed E-state index contributed by atoms with van der Waals surface area (Å²) in [6.07, 6.45) is -18.0. The van der Waals surface area contributed by atoms with Gasteiger partial charge in [0.05, 0.1) is 22.3 Å². The first-order valence-corrected chi connectivity index (χ1v) is 17.4. The molecule has 0 atom stereocenters. The third-order valence-corrected chi connectivity index (χ3v) is 10.2. The van der Waals surface area contributed by atoms with Crippen LogP contribution in [0.2, 0.25) is 0 Å². The zero-order valence-corrected chi connectivity index (χ0v) is 33.2. The van der Waals surface area contributed by atoms with Crippen molar-refractivity contribution in [1.82, 2.24) is 18.3 Å². The van der Waals surface area contributed by atoms with Gasteiger partial charge in [-0.25, -0.2) is 0 Å². The third-order valence-electron chi connectivity index (χ3n) is 7.75. The Balaban J connectivity index is 0.000000248. The average molecular weight is 960 g/mol. The van der Waals surface area contributed by atoms with Gasteiger partial charge in [0.15, 0.2) is 9.54 Å². The Hall–Kier alpha value is -3.73. The van der Waals surface area contributed by atoms with Gasteiger partial charge in [-0.1, -0.05) is 0 Å². The van der Waals surface area contributed by atoms with Gasteiger partial charge >= 0.3 is 24.7 Å². The number of hydrogen-bond donors (Lipinski definition) is 0. The molecule has 0 unspecified atom stereocenters. The molecular weight excluding hydrogens is 943 g/mol. The Morgan fingerprint density at radius 1 is 0.316 bits per heavy atom. The first-order chi connectivity index (χ1) is 25.8. The molecule has 0 saturated carbocycles. The summed E-state index contributed by atoms with van der Waals surface area (Å²) in [6.45, 7) is 0. The van der Waals surface area contributed by atoms with E-state index in [-0.39, 0.29) is 68.9 Å². The fraction of sp³-hybridized carbons (Fsp3) is 0.118. The van der Waals surface area contributed by atoms with Crippen molar-refractivity contribution < 1.29 is 69.2 Å². The quantitative estimate of drug-likeness (QED) is 0.0754. The Bertz CT molecular complexity index is 2140. The maximum Gasteiger partial charge on any atom is 0.416 e. The van der Waals surface area contributed by atoms with Crippen molar-refractivity contribution in [1.29, 1.82) is 0 Å². The van der Waals surface area contributed by atoms with Crippen LogP contribution in [0.25, 0.3) is 22.7 Å². The SMILES string of the molecule is FC(F)(F)c1ccc(-n2c([S-])c([S-])n(-c3ccc(C(F)(F)F)cc3)c2=S)cc1.FC(F)(F)c1ccc(-n2c([S-])c([S-])n(-c3ccc(C(F)(F)F)cc3)c2=S)cc1.[Ni]. The number of nitrogens with zero attached hydrogens (tertiary/aromatic N) is 4. The molecule has 4 aromatic carbocycles. The molecule has 6 rings (SSSR count). The number of imidazole rings is 2. The number of hydrogen-bond acceptors (Lipinski definition) is 6. The number of alkyl halides is 12. The Morgan fingerprint density at radius 3 is 0.579 bits per heavy atom. The van der Waals surface area contributed by atoms with Crippen LogP contribution in [-0.2, 0) is 91.7 Å². The number of aromatic nitrogens is 4. The minimum atomic E-state index is -4.49. The normalized spacial score (nSPS) is 12.1. The fourth-order valence-electron chi connectivity index (χ4n) is 5.04. The largest absolute Gasteiger partial charge is 0.762 e. The molecule has 0 aliphatic rings. The molecule has 2 aromatic heterocycles. The van der Waals surface area contributed by atoms with Crippen molar-refractivity contribution in [2.45, 2.75) is 44.8 Å². The summed E-state index contributed by atoms with van der Waals surface area (Å²) in [5, 5.41) is 0.277. The number of halogens is 12. The molecule has 0 aliphatic heterocycles. The third kappa shape index (κ3) is 9.77. The predicted molar refractivity (Wildman–Crippen MR) is 194 cm³/mol. The van der Waals surface area contributed by atoms with Crippen LogP contribution in [0.1, 0.15) is 22.3 Å². The van der Waals surface area contributed by atoms with Crippen molar-refractivity contribution in [2.75, 3.05) is 0 Å². The Morgan fingerprint density at radius 2 is 0.456 bits per heavy atom. The van der Waals surface area contributed by atoms with Gasteiger partial charge in [0.25, 0.3) is 0 Å². The molecule has 0 fully saturated rings. The van der Waals surface area contributed by atoms with Gasteiger partial charge in [0.1, 0.15) is 0 Å². The van der Waals surface area contributed by atoms with E-state index in [9.17, 15) is 52.7 Å². The van der Waals surface area contributed by atoms with Gasteiger partial charge in [0, 0.05) is 39.2 Å². The minimum absolute atomic E-state index is 0. The van der Waals surface area contributed by atoms with E-state index in [0.29, 0.717) is 0 Å². The average Bonchev–Trinajstić information content (AvgIpc) is 3.48. The molecule has 57 heavy (non-hydrogen) atoms. The van der Waals surface area contributed by atoms with E-state index in [0.717, 1.165) is 48.5 Å². The molecule has 0 saturated heterocycles. The zero-order chi connectivity index (χ0) is 41.7. The second-order valence-corrected chi connectivity index (χ2v) is 13.6. The maximum absolute atomic E-state index is 12.7. The summed E-state index contributed by atoms with van der Waals surface area (Å²) in [5.41, 5.74) is -2.30. The van der Waals surface area contributed by atoms with E-state index in [4.69, 9.17) is 75.0 Å². The van der Waals surface area contributed by atoms with E-state index in [1.54, 1.807) is 0 Å². The molecule has 4 nitrogen and oxygen atoms in total. The van der Waals surface area contributed by atoms with Gasteiger partial charge in [-0.3, -0.25) is 0 Å². The van der Waals surface area contributed by atoms with Crippen LogP contribution in [0.4, 0.5) is 52.7 Å². The fourth-order valence-corrected chi connectivity index (χ4v) is 7.19. The van der Waals surface area contributed by atoms with Gasteiger partial charge in [-0.2, -0.15) is 52.7 Å². The summed E-state index contributed by atoms with van der Waals surface area (Å²) < 4.78 is 158. The molecule has 306 valence electrons. The molecule has 0 radical (unpaired) electrons. The second-order valence-electron chi connectivity index (χ2n) is 11.3. The van der Waals surface area contributed by atoms with E-state index in [1.807, 2.05) is 0 Å². The summed E-state index contributed by atoms with van der Waals surface area (Å²) in [4.78, 5) is 0. The number of benzene rings is 4. The van der Waals surface area contributed by atoms with Crippen molar-refractivity contribution in [3.8, 4) is 22.7 Å². The van der Waals surface area contributed by atoms with Crippen LogP contribution < -0.4 is 0 Å². The minimum Gasteiger partial charge on any atom is -0.762 e. The van der Waals surface area contributed by atoms with E-state index in [2.05, 4.69) is 0 Å². The summed E-state index contributed by atoms with van der Waals surface area (Å²) in [6, 6.07) is 16.6. The Labute approximate surface area is 356 Å². The predicted octanol–water partition coefficient (Wildman–Crippen LogP) is 11.7. The molecule has 0 N–H and O–H groups in total. The molecule has 0 bridgehead atoms. The van der Waals surface area contributed by atoms with E-state index in [1.165, 1.54) is 66.8 Å². The van der Waals surface area contributed by atoms with Crippen LogP contribution in [0.5, 0.6) is 0 Å². The van der Waals surface area contributed by atoms with E-state index < -0.39 is 47.0 Å². The van der Waals surface area contributed by atoms with Crippen molar-refractivity contribution in [3.63, 3.8) is 0 Å². The van der Waals surface area contributed by atoms with Gasteiger partial charge in [-0.15, -0.1) is 20.1 Å². The van der Waals surface area contributed by atoms with Crippen LogP contribution in [-0.4, -0.2) is 18.3 Å². The van der Waals surface area contributed by atoms with Gasteiger partial charge in [0.2, 0.25) is 0 Å². The molecule has 0 spiro atoms. The summed E-state index contributed by atoms with van der Waals surface area (Å²) in [5.74, 6) is 0. The standard InChI is InChI=1S/2C17H10F6N2S3.Ni/c2*18-16(19,20)9-1-5-11(6-2-9)24-13(26)14(27)25(15(24)28)12-7-3-10(4-8-12)17(21,22)23;/h2*1-8,26-27H;/p-4. The molecule has 2 heterocycles. The van der Waals surface area contributed by atoms with Crippen LogP contribution >= 0.6 is 24.4 Å². The van der Waals surface area contributed by atoms with Gasteiger partial charge < -0.3 is 68.8 Å². The Kier molecular flexibility index (Phi) is 13.6. The van der Waals surface area contributed by atoms with Gasteiger partial charge in [-0.05, 0) is 121 Å². The van der Waals surface area contributed by atoms with Crippen LogP contribution in [0, 0.1) is 9.54 Å². The molecular formula is C34H16F12N4NiS6-4. The maximum atomic E-state index is 12.7. The first kappa shape index (κ1) is 46.0. The summed E-state index contributed by atoms with van der Waals surface area (Å²) in [7, 11) is 0. The first-order valence-electron chi connectivity index (χ1n) is 15.0. The van der Waals surface area contributed by atoms with E-state index >= 15 is 0 Å². The van der Waals surface area contributed by atoms with Crippen molar-refractivity contribution in [2.24, 2.45) is 0 Å². The topological polar surface area (TPSA) is 19.7 Å². The summed E-state index contributed by atoms with van der Waals surface area (Å²) >= 11 is 31.6.